The van der Waals surface area contributed by atoms with Gasteiger partial charge in [0, 0.05) is 31.0 Å². The van der Waals surface area contributed by atoms with Gasteiger partial charge < -0.3 is 9.47 Å². The number of carbonyl (C=O) groups excluding carboxylic acids is 1. The maximum atomic E-state index is 13.4. The van der Waals surface area contributed by atoms with Crippen molar-refractivity contribution in [3.63, 3.8) is 0 Å². The molecule has 1 heterocycles. The van der Waals surface area contributed by atoms with Crippen LogP contribution < -0.4 is 0 Å². The number of aryl methyl sites for hydroxylation is 1. The van der Waals surface area contributed by atoms with E-state index < -0.39 is 0 Å². The number of halogens is 1. The van der Waals surface area contributed by atoms with Gasteiger partial charge in [0.2, 0.25) is 0 Å². The number of hydrogen-bond acceptors (Lipinski definition) is 2. The molecule has 0 spiro atoms. The summed E-state index contributed by atoms with van der Waals surface area (Å²) in [6, 6.07) is 14.0. The van der Waals surface area contributed by atoms with Gasteiger partial charge in [0.1, 0.15) is 11.6 Å². The van der Waals surface area contributed by atoms with Crippen LogP contribution in [0.15, 0.2) is 73.6 Å². The number of amides is 1. The van der Waals surface area contributed by atoms with Crippen LogP contribution in [0, 0.1) is 12.7 Å². The third-order valence-electron chi connectivity index (χ3n) is 4.31. The van der Waals surface area contributed by atoms with E-state index in [2.05, 4.69) is 11.6 Å². The Morgan fingerprint density at radius 2 is 2.04 bits per heavy atom. The molecule has 0 atom stereocenters. The molecule has 0 radical (unpaired) electrons. The third kappa shape index (κ3) is 4.70. The predicted molar refractivity (Wildman–Crippen MR) is 104 cm³/mol. The molecule has 138 valence electrons. The van der Waals surface area contributed by atoms with E-state index in [1.54, 1.807) is 23.2 Å². The van der Waals surface area contributed by atoms with Crippen molar-refractivity contribution >= 4 is 5.91 Å². The predicted octanol–water partition coefficient (Wildman–Crippen LogP) is 4.21. The standard InChI is InChI=1S/C22H22FN3O/c1-3-12-26(22(27)19-9-7-17(2)8-10-19)16-21-24-11-13-25(21)15-18-5-4-6-20(23)14-18/h3-11,13-14H,1,12,15-16H2,2H3. The molecule has 3 aromatic rings. The van der Waals surface area contributed by atoms with E-state index in [4.69, 9.17) is 0 Å². The highest BCUT2D eigenvalue weighted by Crippen LogP contribution is 2.13. The van der Waals surface area contributed by atoms with Crippen molar-refractivity contribution in [3.05, 3.63) is 102 Å². The van der Waals surface area contributed by atoms with Crippen LogP contribution >= 0.6 is 0 Å². The van der Waals surface area contributed by atoms with Gasteiger partial charge in [-0.2, -0.15) is 0 Å². The Morgan fingerprint density at radius 1 is 1.26 bits per heavy atom. The van der Waals surface area contributed by atoms with Crippen LogP contribution in [0.5, 0.6) is 0 Å². The highest BCUT2D eigenvalue weighted by molar-refractivity contribution is 5.94. The highest BCUT2D eigenvalue weighted by atomic mass is 19.1. The van der Waals surface area contributed by atoms with E-state index in [-0.39, 0.29) is 11.7 Å². The first kappa shape index (κ1) is 18.6. The van der Waals surface area contributed by atoms with E-state index in [0.29, 0.717) is 25.2 Å². The Labute approximate surface area is 158 Å². The lowest BCUT2D eigenvalue weighted by Gasteiger charge is -2.21. The summed E-state index contributed by atoms with van der Waals surface area (Å²) in [6.07, 6.45) is 5.23. The first-order chi connectivity index (χ1) is 13.1. The first-order valence-corrected chi connectivity index (χ1v) is 8.78. The second-order valence-electron chi connectivity index (χ2n) is 6.44. The minimum atomic E-state index is -0.267. The lowest BCUT2D eigenvalue weighted by molar-refractivity contribution is 0.0757. The Kier molecular flexibility index (Phi) is 5.81. The fourth-order valence-electron chi connectivity index (χ4n) is 2.89. The average molecular weight is 363 g/mol. The minimum Gasteiger partial charge on any atom is -0.329 e. The molecule has 2 aromatic carbocycles. The van der Waals surface area contributed by atoms with Crippen molar-refractivity contribution < 1.29 is 9.18 Å². The molecular formula is C22H22FN3O. The van der Waals surface area contributed by atoms with Crippen molar-refractivity contribution in [2.75, 3.05) is 6.54 Å². The smallest absolute Gasteiger partial charge is 0.254 e. The number of imidazole rings is 1. The van der Waals surface area contributed by atoms with Crippen molar-refractivity contribution in [1.29, 1.82) is 0 Å². The van der Waals surface area contributed by atoms with Crippen molar-refractivity contribution in [2.45, 2.75) is 20.0 Å². The second-order valence-corrected chi connectivity index (χ2v) is 6.44. The number of benzene rings is 2. The maximum Gasteiger partial charge on any atom is 0.254 e. The topological polar surface area (TPSA) is 38.1 Å². The molecule has 0 aliphatic rings. The van der Waals surface area contributed by atoms with Gasteiger partial charge in [-0.05, 0) is 36.8 Å². The van der Waals surface area contributed by atoms with Gasteiger partial charge in [-0.25, -0.2) is 9.37 Å². The van der Waals surface area contributed by atoms with Crippen molar-refractivity contribution in [2.24, 2.45) is 0 Å². The number of rotatable bonds is 7. The molecule has 0 aliphatic carbocycles. The molecule has 4 nitrogen and oxygen atoms in total. The first-order valence-electron chi connectivity index (χ1n) is 8.78. The monoisotopic (exact) mass is 363 g/mol. The lowest BCUT2D eigenvalue weighted by atomic mass is 10.1. The molecule has 0 fully saturated rings. The van der Waals surface area contributed by atoms with E-state index in [1.807, 2.05) is 48.0 Å². The Bertz CT molecular complexity index is 931. The number of aromatic nitrogens is 2. The molecule has 0 N–H and O–H groups in total. The molecular weight excluding hydrogens is 341 g/mol. The summed E-state index contributed by atoms with van der Waals surface area (Å²) in [5.74, 6) is 0.397. The number of carbonyl (C=O) groups is 1. The molecule has 27 heavy (non-hydrogen) atoms. The normalized spacial score (nSPS) is 10.6. The molecule has 0 unspecified atom stereocenters. The molecule has 3 rings (SSSR count). The SMILES string of the molecule is C=CCN(Cc1nccn1Cc1cccc(F)c1)C(=O)c1ccc(C)cc1. The summed E-state index contributed by atoms with van der Waals surface area (Å²) in [7, 11) is 0. The highest BCUT2D eigenvalue weighted by Gasteiger charge is 2.17. The van der Waals surface area contributed by atoms with Crippen LogP contribution in [0.2, 0.25) is 0 Å². The summed E-state index contributed by atoms with van der Waals surface area (Å²) in [5, 5.41) is 0. The van der Waals surface area contributed by atoms with Crippen LogP contribution in [-0.4, -0.2) is 26.9 Å². The van der Waals surface area contributed by atoms with Gasteiger partial charge in [-0.15, -0.1) is 6.58 Å². The number of nitrogens with zero attached hydrogens (tertiary/aromatic N) is 3. The molecule has 0 aliphatic heterocycles. The van der Waals surface area contributed by atoms with Crippen molar-refractivity contribution in [1.82, 2.24) is 14.5 Å². The van der Waals surface area contributed by atoms with Gasteiger partial charge in [0.15, 0.2) is 0 Å². The Hall–Kier alpha value is -3.21. The summed E-state index contributed by atoms with van der Waals surface area (Å²) < 4.78 is 15.4. The summed E-state index contributed by atoms with van der Waals surface area (Å²) in [6.45, 7) is 7.00. The van der Waals surface area contributed by atoms with Crippen LogP contribution in [0.1, 0.15) is 27.3 Å². The van der Waals surface area contributed by atoms with Crippen LogP contribution in [0.25, 0.3) is 0 Å². The van der Waals surface area contributed by atoms with Crippen LogP contribution in [-0.2, 0) is 13.1 Å². The molecule has 0 saturated carbocycles. The van der Waals surface area contributed by atoms with Crippen LogP contribution in [0.4, 0.5) is 4.39 Å². The summed E-state index contributed by atoms with van der Waals surface area (Å²) in [4.78, 5) is 19.0. The zero-order chi connectivity index (χ0) is 19.2. The van der Waals surface area contributed by atoms with E-state index in [9.17, 15) is 9.18 Å². The fraction of sp³-hybridized carbons (Fsp3) is 0.182. The third-order valence-corrected chi connectivity index (χ3v) is 4.31. The molecule has 5 heteroatoms. The minimum absolute atomic E-state index is 0.0739. The molecule has 1 amide bonds. The van der Waals surface area contributed by atoms with E-state index >= 15 is 0 Å². The second kappa shape index (κ2) is 8.45. The van der Waals surface area contributed by atoms with Gasteiger partial charge >= 0.3 is 0 Å². The molecule has 1 aromatic heterocycles. The van der Waals surface area contributed by atoms with Gasteiger partial charge in [0.05, 0.1) is 6.54 Å². The quantitative estimate of drug-likeness (QED) is 0.590. The van der Waals surface area contributed by atoms with Crippen molar-refractivity contribution in [3.8, 4) is 0 Å². The van der Waals surface area contributed by atoms with Gasteiger partial charge in [0.25, 0.3) is 5.91 Å². The zero-order valence-corrected chi connectivity index (χ0v) is 15.3. The van der Waals surface area contributed by atoms with Crippen LogP contribution in [0.3, 0.4) is 0 Å². The molecule has 0 saturated heterocycles. The largest absolute Gasteiger partial charge is 0.329 e. The van der Waals surface area contributed by atoms with E-state index in [1.165, 1.54) is 12.1 Å². The van der Waals surface area contributed by atoms with Gasteiger partial charge in [-0.3, -0.25) is 4.79 Å². The zero-order valence-electron chi connectivity index (χ0n) is 15.3. The summed E-state index contributed by atoms with van der Waals surface area (Å²) in [5.41, 5.74) is 2.58. The fourth-order valence-corrected chi connectivity index (χ4v) is 2.89. The average Bonchev–Trinajstić information content (AvgIpc) is 3.08. The summed E-state index contributed by atoms with van der Waals surface area (Å²) >= 11 is 0. The van der Waals surface area contributed by atoms with E-state index in [0.717, 1.165) is 17.0 Å². The number of hydrogen-bond donors (Lipinski definition) is 0. The Balaban J connectivity index is 1.79. The Morgan fingerprint density at radius 3 is 2.74 bits per heavy atom. The molecule has 0 bridgehead atoms. The van der Waals surface area contributed by atoms with Gasteiger partial charge in [-0.1, -0.05) is 35.9 Å². The maximum absolute atomic E-state index is 13.4. The lowest BCUT2D eigenvalue weighted by Crippen LogP contribution is -2.32.